The number of thiazole rings is 1. The van der Waals surface area contributed by atoms with Gasteiger partial charge in [-0.1, -0.05) is 30.3 Å². The molecule has 0 amide bonds. The summed E-state index contributed by atoms with van der Waals surface area (Å²) in [5.74, 6) is 0. The van der Waals surface area contributed by atoms with Crippen LogP contribution in [-0.4, -0.2) is 11.6 Å². The van der Waals surface area contributed by atoms with Crippen LogP contribution in [0.25, 0.3) is 0 Å². The van der Waals surface area contributed by atoms with Crippen LogP contribution < -0.4 is 5.73 Å². The first kappa shape index (κ1) is 13.7. The summed E-state index contributed by atoms with van der Waals surface area (Å²) in [6.45, 7) is 2.98. The van der Waals surface area contributed by atoms with Crippen molar-refractivity contribution < 1.29 is 4.74 Å². The summed E-state index contributed by atoms with van der Waals surface area (Å²) in [6.07, 6.45) is 2.95. The molecule has 1 aromatic heterocycles. The number of aromatic nitrogens is 1. The number of hydrogen-bond donors (Lipinski definition) is 1. The fourth-order valence-corrected chi connectivity index (χ4v) is 3.61. The minimum Gasteiger partial charge on any atom is -0.368 e. The third-order valence-electron chi connectivity index (χ3n) is 3.88. The lowest BCUT2D eigenvalue weighted by Gasteiger charge is -2.19. The molecular formula is C16H20N2OS. The fraction of sp³-hybridized carbons (Fsp3) is 0.438. The summed E-state index contributed by atoms with van der Waals surface area (Å²) in [4.78, 5) is 4.74. The van der Waals surface area contributed by atoms with Crippen LogP contribution in [0.1, 0.15) is 42.1 Å². The monoisotopic (exact) mass is 288 g/mol. The number of nitrogens with two attached hydrogens (primary N) is 1. The maximum Gasteiger partial charge on any atom is 0.125 e. The van der Waals surface area contributed by atoms with Crippen molar-refractivity contribution in [2.75, 3.05) is 6.61 Å². The van der Waals surface area contributed by atoms with Gasteiger partial charge in [0, 0.05) is 24.4 Å². The number of benzene rings is 1. The quantitative estimate of drug-likeness (QED) is 0.938. The summed E-state index contributed by atoms with van der Waals surface area (Å²) < 4.78 is 5.85. The molecule has 20 heavy (non-hydrogen) atoms. The molecule has 2 atom stereocenters. The second-order valence-corrected chi connectivity index (χ2v) is 6.41. The molecular weight excluding hydrogens is 268 g/mol. The number of hydrogen-bond acceptors (Lipinski definition) is 4. The van der Waals surface area contributed by atoms with E-state index in [2.05, 4.69) is 24.4 Å². The molecule has 0 aliphatic carbocycles. The van der Waals surface area contributed by atoms with E-state index in [-0.39, 0.29) is 11.6 Å². The van der Waals surface area contributed by atoms with Crippen molar-refractivity contribution in [3.8, 4) is 0 Å². The minimum atomic E-state index is -0.181. The zero-order valence-electron chi connectivity index (χ0n) is 11.7. The molecule has 1 fully saturated rings. The molecule has 106 valence electrons. The maximum atomic E-state index is 6.26. The largest absolute Gasteiger partial charge is 0.368 e. The molecule has 0 spiro atoms. The van der Waals surface area contributed by atoms with Crippen LogP contribution in [0.2, 0.25) is 0 Å². The Morgan fingerprint density at radius 3 is 2.90 bits per heavy atom. The van der Waals surface area contributed by atoms with Crippen LogP contribution >= 0.6 is 11.3 Å². The average Bonchev–Trinajstić information content (AvgIpc) is 3.10. The van der Waals surface area contributed by atoms with Gasteiger partial charge in [0.15, 0.2) is 0 Å². The lowest BCUT2D eigenvalue weighted by Crippen LogP contribution is -2.20. The Balaban J connectivity index is 1.71. The lowest BCUT2D eigenvalue weighted by molar-refractivity contribution is 0.0165. The number of rotatable bonds is 4. The molecule has 2 unspecified atom stereocenters. The highest BCUT2D eigenvalue weighted by molar-refractivity contribution is 7.09. The van der Waals surface area contributed by atoms with E-state index in [9.17, 15) is 0 Å². The molecule has 2 N–H and O–H groups in total. The highest BCUT2D eigenvalue weighted by atomic mass is 32.1. The SMILES string of the molecule is CC1(c2nc(CC(N)c3ccccc3)cs2)CCCO1. The molecule has 0 bridgehead atoms. The first-order chi connectivity index (χ1) is 9.67. The van der Waals surface area contributed by atoms with Crippen LogP contribution in [0.4, 0.5) is 0 Å². The van der Waals surface area contributed by atoms with Crippen molar-refractivity contribution >= 4 is 11.3 Å². The van der Waals surface area contributed by atoms with Crippen molar-refractivity contribution in [1.29, 1.82) is 0 Å². The van der Waals surface area contributed by atoms with E-state index in [0.29, 0.717) is 0 Å². The molecule has 1 aliphatic rings. The first-order valence-corrected chi connectivity index (χ1v) is 7.95. The topological polar surface area (TPSA) is 48.1 Å². The van der Waals surface area contributed by atoms with Gasteiger partial charge in [0.1, 0.15) is 10.6 Å². The third-order valence-corrected chi connectivity index (χ3v) is 5.02. The minimum absolute atomic E-state index is 0.00320. The zero-order chi connectivity index (χ0) is 14.0. The lowest BCUT2D eigenvalue weighted by atomic mass is 10.0. The molecule has 1 saturated heterocycles. The van der Waals surface area contributed by atoms with Crippen LogP contribution in [0.15, 0.2) is 35.7 Å². The summed E-state index contributed by atoms with van der Waals surface area (Å²) in [7, 11) is 0. The zero-order valence-corrected chi connectivity index (χ0v) is 12.5. The second-order valence-electron chi connectivity index (χ2n) is 5.55. The van der Waals surface area contributed by atoms with Crippen molar-refractivity contribution in [3.63, 3.8) is 0 Å². The van der Waals surface area contributed by atoms with Gasteiger partial charge < -0.3 is 10.5 Å². The molecule has 2 aromatic rings. The van der Waals surface area contributed by atoms with Crippen molar-refractivity contribution in [2.45, 2.75) is 37.8 Å². The van der Waals surface area contributed by atoms with Gasteiger partial charge in [-0.2, -0.15) is 0 Å². The van der Waals surface area contributed by atoms with Gasteiger partial charge in [-0.25, -0.2) is 4.98 Å². The van der Waals surface area contributed by atoms with Gasteiger partial charge >= 0.3 is 0 Å². The van der Waals surface area contributed by atoms with Crippen LogP contribution in [0, 0.1) is 0 Å². The normalized spacial score (nSPS) is 23.9. The molecule has 3 nitrogen and oxygen atoms in total. The third kappa shape index (κ3) is 2.77. The van der Waals surface area contributed by atoms with Crippen molar-refractivity contribution in [2.24, 2.45) is 5.73 Å². The molecule has 0 saturated carbocycles. The number of nitrogens with zero attached hydrogens (tertiary/aromatic N) is 1. The second kappa shape index (κ2) is 5.64. The van der Waals surface area contributed by atoms with Crippen LogP contribution in [0.3, 0.4) is 0 Å². The summed E-state index contributed by atoms with van der Waals surface area (Å²) in [5.41, 5.74) is 8.30. The first-order valence-electron chi connectivity index (χ1n) is 7.07. The molecule has 2 heterocycles. The van der Waals surface area contributed by atoms with Gasteiger partial charge in [-0.3, -0.25) is 0 Å². The highest BCUT2D eigenvalue weighted by Gasteiger charge is 2.34. The van der Waals surface area contributed by atoms with E-state index in [1.165, 1.54) is 0 Å². The van der Waals surface area contributed by atoms with E-state index in [4.69, 9.17) is 15.5 Å². The highest BCUT2D eigenvalue weighted by Crippen LogP contribution is 2.37. The standard InChI is InChI=1S/C16H20N2OS/c1-16(8-5-9-19-16)15-18-13(11-20-15)10-14(17)12-6-3-2-4-7-12/h2-4,6-7,11,14H,5,8-10,17H2,1H3. The molecule has 1 aliphatic heterocycles. The van der Waals surface area contributed by atoms with Gasteiger partial charge in [-0.05, 0) is 25.3 Å². The Morgan fingerprint density at radius 1 is 1.40 bits per heavy atom. The van der Waals surface area contributed by atoms with Crippen LogP contribution in [-0.2, 0) is 16.8 Å². The Labute approximate surface area is 123 Å². The van der Waals surface area contributed by atoms with E-state index in [1.54, 1.807) is 11.3 Å². The van der Waals surface area contributed by atoms with Gasteiger partial charge in [0.2, 0.25) is 0 Å². The summed E-state index contributed by atoms with van der Waals surface area (Å²) in [5, 5.41) is 3.20. The maximum absolute atomic E-state index is 6.26. The average molecular weight is 288 g/mol. The Kier molecular flexibility index (Phi) is 3.87. The Hall–Kier alpha value is -1.23. The van der Waals surface area contributed by atoms with Gasteiger partial charge in [-0.15, -0.1) is 11.3 Å². The predicted octanol–water partition coefficient (Wildman–Crippen LogP) is 3.41. The molecule has 0 radical (unpaired) electrons. The van der Waals surface area contributed by atoms with Gasteiger partial charge in [0.05, 0.1) is 5.69 Å². The number of ether oxygens (including phenoxy) is 1. The summed E-state index contributed by atoms with van der Waals surface area (Å²) in [6, 6.07) is 10.2. The molecule has 4 heteroatoms. The van der Waals surface area contributed by atoms with Crippen LogP contribution in [0.5, 0.6) is 0 Å². The summed E-state index contributed by atoms with van der Waals surface area (Å²) >= 11 is 1.69. The molecule has 3 rings (SSSR count). The predicted molar refractivity (Wildman–Crippen MR) is 81.7 cm³/mol. The van der Waals surface area contributed by atoms with Crippen molar-refractivity contribution in [3.05, 3.63) is 52.0 Å². The Morgan fingerprint density at radius 2 is 2.20 bits per heavy atom. The van der Waals surface area contributed by atoms with E-state index >= 15 is 0 Å². The van der Waals surface area contributed by atoms with E-state index in [0.717, 1.165) is 42.1 Å². The van der Waals surface area contributed by atoms with Crippen molar-refractivity contribution in [1.82, 2.24) is 4.98 Å². The molecule has 1 aromatic carbocycles. The Bertz CT molecular complexity index is 561. The van der Waals surface area contributed by atoms with E-state index in [1.807, 2.05) is 18.2 Å². The van der Waals surface area contributed by atoms with E-state index < -0.39 is 0 Å². The fourth-order valence-electron chi connectivity index (χ4n) is 2.63. The van der Waals surface area contributed by atoms with Gasteiger partial charge in [0.25, 0.3) is 0 Å². The smallest absolute Gasteiger partial charge is 0.125 e.